The highest BCUT2D eigenvalue weighted by Crippen LogP contribution is 2.35. The number of thiazole rings is 1. The number of aromatic nitrogens is 3. The molecule has 0 aliphatic rings. The number of rotatable bonds is 4. The molecule has 108 valence electrons. The minimum absolute atomic E-state index is 0.871. The van der Waals surface area contributed by atoms with Crippen molar-refractivity contribution in [1.29, 1.82) is 0 Å². The van der Waals surface area contributed by atoms with Gasteiger partial charge in [0, 0.05) is 18.5 Å². The molecule has 3 rings (SSSR count). The van der Waals surface area contributed by atoms with Crippen LogP contribution in [0.2, 0.25) is 0 Å². The van der Waals surface area contributed by atoms with Gasteiger partial charge in [-0.15, -0.1) is 21.5 Å². The fourth-order valence-electron chi connectivity index (χ4n) is 1.80. The van der Waals surface area contributed by atoms with Gasteiger partial charge in [0.05, 0.1) is 4.88 Å². The Labute approximate surface area is 140 Å². The van der Waals surface area contributed by atoms with E-state index in [1.54, 1.807) is 34.4 Å². The van der Waals surface area contributed by atoms with Crippen LogP contribution in [0, 0.1) is 10.9 Å². The molecule has 1 aromatic carbocycles. The normalized spacial score (nSPS) is 11.0. The van der Waals surface area contributed by atoms with Gasteiger partial charge in [-0.2, -0.15) is 0 Å². The van der Waals surface area contributed by atoms with Crippen LogP contribution in [0.5, 0.6) is 0 Å². The van der Waals surface area contributed by atoms with Crippen molar-refractivity contribution in [3.8, 4) is 9.88 Å². The lowest BCUT2D eigenvalue weighted by Crippen LogP contribution is -1.90. The first-order valence-electron chi connectivity index (χ1n) is 6.32. The van der Waals surface area contributed by atoms with Crippen LogP contribution in [0.15, 0.2) is 34.7 Å². The number of thioether (sulfide) groups is 1. The van der Waals surface area contributed by atoms with E-state index in [1.165, 1.54) is 5.56 Å². The summed E-state index contributed by atoms with van der Waals surface area (Å²) in [5.41, 5.74) is 2.45. The van der Waals surface area contributed by atoms with Gasteiger partial charge in [0.15, 0.2) is 13.3 Å². The number of benzene rings is 1. The van der Waals surface area contributed by atoms with Gasteiger partial charge in [0.1, 0.15) is 0 Å². The first-order chi connectivity index (χ1) is 10.1. The highest BCUT2D eigenvalue weighted by molar-refractivity contribution is 8.00. The fourth-order valence-corrected chi connectivity index (χ4v) is 5.09. The zero-order chi connectivity index (χ0) is 14.8. The van der Waals surface area contributed by atoms with Crippen LogP contribution in [0.25, 0.3) is 9.88 Å². The van der Waals surface area contributed by atoms with E-state index in [4.69, 9.17) is 12.2 Å². The Morgan fingerprint density at radius 3 is 2.62 bits per heavy atom. The highest BCUT2D eigenvalue weighted by atomic mass is 32.2. The van der Waals surface area contributed by atoms with Crippen molar-refractivity contribution in [1.82, 2.24) is 14.8 Å². The van der Waals surface area contributed by atoms with Crippen molar-refractivity contribution in [2.45, 2.75) is 17.0 Å². The molecule has 0 spiro atoms. The molecule has 0 amide bonds. The van der Waals surface area contributed by atoms with Gasteiger partial charge in [-0.3, -0.25) is 0 Å². The number of hydrogen-bond donors (Lipinski definition) is 0. The Bertz CT molecular complexity index is 801. The maximum Gasteiger partial charge on any atom is 0.174 e. The summed E-state index contributed by atoms with van der Waals surface area (Å²) < 4.78 is 3.89. The van der Waals surface area contributed by atoms with Crippen molar-refractivity contribution < 1.29 is 0 Å². The van der Waals surface area contributed by atoms with Crippen molar-refractivity contribution in [2.24, 2.45) is 7.05 Å². The lowest BCUT2D eigenvalue weighted by atomic mass is 10.2. The molecular formula is C14H13N3S4. The van der Waals surface area contributed by atoms with E-state index < -0.39 is 0 Å². The van der Waals surface area contributed by atoms with E-state index in [-0.39, 0.29) is 0 Å². The van der Waals surface area contributed by atoms with Crippen molar-refractivity contribution in [2.75, 3.05) is 0 Å². The predicted molar refractivity (Wildman–Crippen MR) is 93.8 cm³/mol. The molecule has 0 aliphatic heterocycles. The maximum absolute atomic E-state index is 5.32. The molecule has 0 unspecified atom stereocenters. The second kappa shape index (κ2) is 6.39. The zero-order valence-corrected chi connectivity index (χ0v) is 14.8. The molecule has 0 aliphatic carbocycles. The van der Waals surface area contributed by atoms with E-state index in [0.29, 0.717) is 0 Å². The molecular weight excluding hydrogens is 338 g/mol. The Balaban J connectivity index is 1.77. The van der Waals surface area contributed by atoms with Crippen molar-refractivity contribution in [3.05, 3.63) is 45.5 Å². The van der Waals surface area contributed by atoms with Crippen molar-refractivity contribution in [3.63, 3.8) is 0 Å². The van der Waals surface area contributed by atoms with Gasteiger partial charge in [0.2, 0.25) is 0 Å². The van der Waals surface area contributed by atoms with Gasteiger partial charge in [-0.1, -0.05) is 53.4 Å². The molecule has 0 bridgehead atoms. The Morgan fingerprint density at radius 2 is 1.95 bits per heavy atom. The lowest BCUT2D eigenvalue weighted by Gasteiger charge is -1.97. The van der Waals surface area contributed by atoms with E-state index in [9.17, 15) is 0 Å². The molecule has 3 nitrogen and oxygen atoms in total. The molecule has 0 saturated heterocycles. The third-order valence-electron chi connectivity index (χ3n) is 3.10. The summed E-state index contributed by atoms with van der Waals surface area (Å²) in [5.74, 6) is 0.916. The standard InChI is InChI=1S/C14H13N3S4/c1-9-11(20-14(18)17(9)2)12-15-16-13(21-12)19-8-10-6-4-3-5-7-10/h3-7H,8H2,1-2H3. The molecule has 0 saturated carbocycles. The summed E-state index contributed by atoms with van der Waals surface area (Å²) in [6, 6.07) is 10.4. The second-order valence-corrected chi connectivity index (χ2v) is 8.33. The highest BCUT2D eigenvalue weighted by Gasteiger charge is 2.14. The van der Waals surface area contributed by atoms with Crippen LogP contribution >= 0.6 is 46.7 Å². The van der Waals surface area contributed by atoms with Gasteiger partial charge >= 0.3 is 0 Å². The summed E-state index contributed by atoms with van der Waals surface area (Å²) in [6.07, 6.45) is 0. The summed E-state index contributed by atoms with van der Waals surface area (Å²) in [7, 11) is 1.99. The molecule has 21 heavy (non-hydrogen) atoms. The maximum atomic E-state index is 5.32. The van der Waals surface area contributed by atoms with E-state index in [2.05, 4.69) is 41.4 Å². The molecule has 7 heteroatoms. The summed E-state index contributed by atoms with van der Waals surface area (Å²) in [6.45, 7) is 2.07. The van der Waals surface area contributed by atoms with Gasteiger partial charge < -0.3 is 4.57 Å². The molecule has 2 heterocycles. The molecule has 2 aromatic heterocycles. The Morgan fingerprint density at radius 1 is 1.19 bits per heavy atom. The first kappa shape index (κ1) is 14.9. The zero-order valence-electron chi connectivity index (χ0n) is 11.6. The molecule has 0 radical (unpaired) electrons. The Kier molecular flexibility index (Phi) is 4.54. The van der Waals surface area contributed by atoms with Crippen molar-refractivity contribution >= 4 is 46.7 Å². The van der Waals surface area contributed by atoms with Gasteiger partial charge in [-0.05, 0) is 24.7 Å². The average Bonchev–Trinajstić information content (AvgIpc) is 3.07. The summed E-state index contributed by atoms with van der Waals surface area (Å²) >= 11 is 10.3. The smallest absolute Gasteiger partial charge is 0.174 e. The Hall–Kier alpha value is -1.02. The summed E-state index contributed by atoms with van der Waals surface area (Å²) in [4.78, 5) is 1.13. The fraction of sp³-hybridized carbons (Fsp3) is 0.214. The van der Waals surface area contributed by atoms with Gasteiger partial charge in [0.25, 0.3) is 0 Å². The van der Waals surface area contributed by atoms with Crippen LogP contribution in [0.4, 0.5) is 0 Å². The largest absolute Gasteiger partial charge is 0.330 e. The number of nitrogens with zero attached hydrogens (tertiary/aromatic N) is 3. The van der Waals surface area contributed by atoms with Crippen LogP contribution < -0.4 is 0 Å². The van der Waals surface area contributed by atoms with E-state index in [1.807, 2.05) is 17.7 Å². The van der Waals surface area contributed by atoms with E-state index >= 15 is 0 Å². The molecule has 3 aromatic rings. The number of hydrogen-bond acceptors (Lipinski definition) is 6. The van der Waals surface area contributed by atoms with E-state index in [0.717, 1.165) is 29.6 Å². The predicted octanol–water partition coefficient (Wildman–Crippen LogP) is 4.94. The van der Waals surface area contributed by atoms with Gasteiger partial charge in [-0.25, -0.2) is 0 Å². The molecule has 0 atom stereocenters. The lowest BCUT2D eigenvalue weighted by molar-refractivity contribution is 0.874. The monoisotopic (exact) mass is 351 g/mol. The average molecular weight is 352 g/mol. The second-order valence-electron chi connectivity index (χ2n) is 4.49. The molecule has 0 fully saturated rings. The van der Waals surface area contributed by atoms with Crippen LogP contribution in [-0.2, 0) is 12.8 Å². The minimum atomic E-state index is 0.871. The third-order valence-corrected chi connectivity index (χ3v) is 7.04. The third kappa shape index (κ3) is 3.26. The summed E-state index contributed by atoms with van der Waals surface area (Å²) in [5, 5.41) is 9.55. The van der Waals surface area contributed by atoms with Crippen LogP contribution in [0.1, 0.15) is 11.3 Å². The first-order valence-corrected chi connectivity index (χ1v) is 9.35. The quantitative estimate of drug-likeness (QED) is 0.492. The minimum Gasteiger partial charge on any atom is -0.330 e. The topological polar surface area (TPSA) is 30.7 Å². The molecule has 0 N–H and O–H groups in total. The van der Waals surface area contributed by atoms with Crippen LogP contribution in [-0.4, -0.2) is 14.8 Å². The van der Waals surface area contributed by atoms with Crippen LogP contribution in [0.3, 0.4) is 0 Å². The SMILES string of the molecule is Cc1c(-c2nnc(SCc3ccccc3)s2)sc(=S)n1C.